The number of aliphatic hydroxyl groups is 1. The number of carbonyl (C=O) groups excluding carboxylic acids is 2. The van der Waals surface area contributed by atoms with Crippen LogP contribution in [0.5, 0.6) is 17.2 Å². The number of nitrogens with one attached hydrogen (secondary N) is 1. The van der Waals surface area contributed by atoms with E-state index in [1.165, 1.54) is 37.4 Å². The maximum absolute atomic E-state index is 13.0. The molecule has 13 heteroatoms. The van der Waals surface area contributed by atoms with Gasteiger partial charge in [0.25, 0.3) is 5.91 Å². The van der Waals surface area contributed by atoms with Crippen molar-refractivity contribution in [2.24, 2.45) is 11.7 Å². The largest absolute Gasteiger partial charge is 0.508 e. The van der Waals surface area contributed by atoms with E-state index in [9.17, 15) is 29.7 Å². The van der Waals surface area contributed by atoms with Crippen molar-refractivity contribution in [2.45, 2.75) is 77.7 Å². The molecule has 1 fully saturated rings. The van der Waals surface area contributed by atoms with E-state index in [2.05, 4.69) is 5.32 Å². The van der Waals surface area contributed by atoms with Crippen molar-refractivity contribution in [3.63, 3.8) is 0 Å². The Morgan fingerprint density at radius 2 is 1.86 bits per heavy atom. The number of nitrogens with two attached hydrogens (primary N) is 1. The summed E-state index contributed by atoms with van der Waals surface area (Å²) in [5, 5.41) is 34.6. The van der Waals surface area contributed by atoms with Gasteiger partial charge in [0, 0.05) is 18.2 Å². The Morgan fingerprint density at radius 1 is 1.16 bits per heavy atom. The van der Waals surface area contributed by atoms with Crippen LogP contribution >= 0.6 is 0 Å². The van der Waals surface area contributed by atoms with Crippen LogP contribution in [-0.2, 0) is 20.6 Å². The predicted molar refractivity (Wildman–Crippen MR) is 159 cm³/mol. The topological polar surface area (TPSA) is 200 Å². The van der Waals surface area contributed by atoms with Gasteiger partial charge in [-0.3, -0.25) is 4.79 Å². The number of hydrogen-bond acceptors (Lipinski definition) is 11. The normalized spacial score (nSPS) is 21.3. The lowest BCUT2D eigenvalue weighted by atomic mass is 9.89. The fourth-order valence-corrected chi connectivity index (χ4v) is 5.23. The fourth-order valence-electron chi connectivity index (χ4n) is 5.23. The van der Waals surface area contributed by atoms with Crippen LogP contribution in [0.3, 0.4) is 0 Å². The maximum Gasteiger partial charge on any atom is 0.404 e. The quantitative estimate of drug-likeness (QED) is 0.220. The van der Waals surface area contributed by atoms with E-state index in [1.807, 2.05) is 13.8 Å². The van der Waals surface area contributed by atoms with Gasteiger partial charge in [-0.15, -0.1) is 0 Å². The van der Waals surface area contributed by atoms with Gasteiger partial charge in [-0.05, 0) is 75.4 Å². The number of phenols is 1. The van der Waals surface area contributed by atoms with Crippen molar-refractivity contribution in [1.29, 1.82) is 0 Å². The molecule has 4 atom stereocenters. The number of ether oxygens (including phenoxy) is 4. The van der Waals surface area contributed by atoms with Gasteiger partial charge in [-0.2, -0.15) is 0 Å². The van der Waals surface area contributed by atoms with E-state index >= 15 is 0 Å². The summed E-state index contributed by atoms with van der Waals surface area (Å²) in [6, 6.07) is 7.22. The Kier molecular flexibility index (Phi) is 9.42. The Balaban J connectivity index is 1.62. The van der Waals surface area contributed by atoms with Gasteiger partial charge < -0.3 is 49.7 Å². The lowest BCUT2D eigenvalue weighted by Gasteiger charge is -2.47. The number of aliphatic hydroxyl groups excluding tert-OH is 1. The Hall–Kier alpha value is -4.33. The first-order valence-electron chi connectivity index (χ1n) is 14.1. The molecule has 1 aliphatic rings. The molecule has 2 amide bonds. The van der Waals surface area contributed by atoms with Crippen molar-refractivity contribution in [2.75, 3.05) is 12.4 Å². The van der Waals surface area contributed by atoms with Gasteiger partial charge in [0.1, 0.15) is 23.2 Å². The number of anilines is 1. The number of aromatic hydroxyl groups is 2. The van der Waals surface area contributed by atoms with Crippen molar-refractivity contribution < 1.29 is 48.3 Å². The minimum atomic E-state index is -1.51. The van der Waals surface area contributed by atoms with Crippen molar-refractivity contribution in [1.82, 2.24) is 0 Å². The number of amides is 2. The second kappa shape index (κ2) is 12.7. The van der Waals surface area contributed by atoms with E-state index < -0.39 is 59.3 Å². The lowest BCUT2D eigenvalue weighted by Crippen LogP contribution is -2.65. The van der Waals surface area contributed by atoms with E-state index in [-0.39, 0.29) is 33.6 Å². The van der Waals surface area contributed by atoms with Crippen LogP contribution in [0.4, 0.5) is 10.5 Å². The minimum Gasteiger partial charge on any atom is -0.508 e. The molecule has 1 aliphatic heterocycles. The third kappa shape index (κ3) is 6.59. The highest BCUT2D eigenvalue weighted by Gasteiger charge is 2.53. The molecule has 0 aliphatic carbocycles. The third-order valence-corrected chi connectivity index (χ3v) is 7.59. The standard InChI is InChI=1S/C31H38N2O11/c1-14(2)7-8-16-13-17(9-11-19(16)34)27(37)33-21-22(35)18-10-12-20(15(3)24(18)42-28(21)38)41-29-23(36)25(43-30(32)39)26(40-6)31(4,5)44-29/h9-14,23,25-26,29,34-36H,7-8H2,1-6H3,(H2,32,39)(H,33,37)/t23-,25+,26-,29+/m1/s1. The van der Waals surface area contributed by atoms with E-state index in [0.717, 1.165) is 6.42 Å². The van der Waals surface area contributed by atoms with E-state index in [1.54, 1.807) is 20.8 Å². The Labute approximate surface area is 253 Å². The minimum absolute atomic E-state index is 0.0344. The average Bonchev–Trinajstić information content (AvgIpc) is 2.94. The van der Waals surface area contributed by atoms with Crippen LogP contribution in [0.25, 0.3) is 11.0 Å². The molecule has 0 radical (unpaired) electrons. The van der Waals surface area contributed by atoms with Crippen LogP contribution < -0.4 is 21.4 Å². The number of benzene rings is 2. The Bertz CT molecular complexity index is 1610. The fraction of sp³-hybridized carbons (Fsp3) is 0.452. The second-order valence-electron chi connectivity index (χ2n) is 11.7. The highest BCUT2D eigenvalue weighted by atomic mass is 16.7. The molecule has 0 bridgehead atoms. The van der Waals surface area contributed by atoms with Gasteiger partial charge in [0.2, 0.25) is 6.29 Å². The number of carbonyl (C=O) groups is 2. The smallest absolute Gasteiger partial charge is 0.404 e. The summed E-state index contributed by atoms with van der Waals surface area (Å²) < 4.78 is 27.9. The lowest BCUT2D eigenvalue weighted by molar-refractivity contribution is -0.304. The number of aryl methyl sites for hydroxylation is 2. The Morgan fingerprint density at radius 3 is 2.50 bits per heavy atom. The zero-order valence-electron chi connectivity index (χ0n) is 25.4. The van der Waals surface area contributed by atoms with Crippen LogP contribution in [0.1, 0.15) is 55.6 Å². The van der Waals surface area contributed by atoms with Crippen LogP contribution in [0.15, 0.2) is 39.5 Å². The molecule has 0 spiro atoms. The highest BCUT2D eigenvalue weighted by Crippen LogP contribution is 2.38. The number of phenolic OH excluding ortho intramolecular Hbond substituents is 1. The molecule has 0 unspecified atom stereocenters. The van der Waals surface area contributed by atoms with Crippen molar-refractivity contribution >= 4 is 28.7 Å². The second-order valence-corrected chi connectivity index (χ2v) is 11.7. The molecule has 13 nitrogen and oxygen atoms in total. The van der Waals surface area contributed by atoms with Gasteiger partial charge in [0.15, 0.2) is 23.6 Å². The van der Waals surface area contributed by atoms with E-state index in [4.69, 9.17) is 29.1 Å². The number of primary amides is 1. The van der Waals surface area contributed by atoms with Gasteiger partial charge in [-0.1, -0.05) is 13.8 Å². The molecule has 3 aromatic rings. The first-order chi connectivity index (χ1) is 20.6. The van der Waals surface area contributed by atoms with Crippen molar-refractivity contribution in [3.8, 4) is 17.2 Å². The summed E-state index contributed by atoms with van der Waals surface area (Å²) in [5.74, 6) is -0.617. The predicted octanol–water partition coefficient (Wildman–Crippen LogP) is 3.71. The molecule has 238 valence electrons. The molecular formula is C31H38N2O11. The number of rotatable bonds is 9. The summed E-state index contributed by atoms with van der Waals surface area (Å²) >= 11 is 0. The molecule has 0 saturated carbocycles. The monoisotopic (exact) mass is 614 g/mol. The molecule has 1 saturated heterocycles. The first kappa shape index (κ1) is 32.6. The van der Waals surface area contributed by atoms with E-state index in [0.29, 0.717) is 17.9 Å². The molecule has 44 heavy (non-hydrogen) atoms. The summed E-state index contributed by atoms with van der Waals surface area (Å²) in [6.07, 6.45) is -4.72. The summed E-state index contributed by atoms with van der Waals surface area (Å²) in [6.45, 7) is 8.97. The molecular weight excluding hydrogens is 576 g/mol. The zero-order chi connectivity index (χ0) is 32.5. The maximum atomic E-state index is 13.0. The van der Waals surface area contributed by atoms with Crippen LogP contribution in [0.2, 0.25) is 0 Å². The third-order valence-electron chi connectivity index (χ3n) is 7.59. The number of fused-ring (bicyclic) bond motifs is 1. The zero-order valence-corrected chi connectivity index (χ0v) is 25.4. The van der Waals surface area contributed by atoms with Crippen LogP contribution in [0, 0.1) is 12.8 Å². The molecule has 4 rings (SSSR count). The van der Waals surface area contributed by atoms with Gasteiger partial charge >= 0.3 is 11.7 Å². The highest BCUT2D eigenvalue weighted by molar-refractivity contribution is 6.06. The molecule has 2 heterocycles. The van der Waals surface area contributed by atoms with Crippen molar-refractivity contribution in [3.05, 3.63) is 57.4 Å². The average molecular weight is 615 g/mol. The van der Waals surface area contributed by atoms with Crippen LogP contribution in [-0.4, -0.2) is 64.6 Å². The summed E-state index contributed by atoms with van der Waals surface area (Å²) in [7, 11) is 1.37. The molecule has 2 aromatic carbocycles. The summed E-state index contributed by atoms with van der Waals surface area (Å²) in [4.78, 5) is 37.5. The number of hydrogen-bond donors (Lipinski definition) is 5. The SMILES string of the molecule is CO[C@@H]1[C@@H](OC(N)=O)[C@@H](O)[C@@H](Oc2ccc3c(O)c(NC(=O)c4ccc(O)c(CCC(C)C)c4)c(=O)oc3c2C)OC1(C)C. The summed E-state index contributed by atoms with van der Waals surface area (Å²) in [5.41, 5.74) is 3.65. The first-order valence-corrected chi connectivity index (χ1v) is 14.1. The number of methoxy groups -OCH3 is 1. The molecule has 6 N–H and O–H groups in total. The van der Waals surface area contributed by atoms with Gasteiger partial charge in [0.05, 0.1) is 11.0 Å². The van der Waals surface area contributed by atoms with Gasteiger partial charge in [-0.25, -0.2) is 9.59 Å². The molecule has 1 aromatic heterocycles.